The Hall–Kier alpha value is -2.54. The second kappa shape index (κ2) is 6.76. The number of aliphatic hydroxyl groups is 1. The van der Waals surface area contributed by atoms with Crippen LogP contribution in [0.3, 0.4) is 0 Å². The van der Waals surface area contributed by atoms with Gasteiger partial charge >= 0.3 is 0 Å². The lowest BCUT2D eigenvalue weighted by Gasteiger charge is -2.25. The zero-order chi connectivity index (χ0) is 18.1. The first-order valence-electron chi connectivity index (χ1n) is 7.95. The fourth-order valence-electron chi connectivity index (χ4n) is 3.14. The molecule has 2 heterocycles. The summed E-state index contributed by atoms with van der Waals surface area (Å²) in [5.41, 5.74) is 0.675. The zero-order valence-electron chi connectivity index (χ0n) is 13.7. The molecule has 1 aliphatic heterocycles. The molecular weight excluding hydrogens is 330 g/mol. The Labute approximate surface area is 143 Å². The fraction of sp³-hybridized carbons (Fsp3) is 0.333. The number of nitrogens with zero attached hydrogens (tertiary/aromatic N) is 2. The maximum Gasteiger partial charge on any atom is 0.253 e. The van der Waals surface area contributed by atoms with Crippen molar-refractivity contribution >= 4 is 5.91 Å². The van der Waals surface area contributed by atoms with E-state index in [1.165, 1.54) is 21.7 Å². The third-order valence-corrected chi connectivity index (χ3v) is 4.44. The molecule has 0 bridgehead atoms. The molecule has 0 aliphatic carbocycles. The number of likely N-dealkylation sites (tertiary alicyclic amines) is 1. The van der Waals surface area contributed by atoms with Crippen molar-refractivity contribution in [2.45, 2.75) is 32.0 Å². The monoisotopic (exact) mass is 348 g/mol. The summed E-state index contributed by atoms with van der Waals surface area (Å²) in [5.74, 6) is -2.33. The molecule has 1 aromatic heterocycles. The minimum absolute atomic E-state index is 0.0864. The van der Waals surface area contributed by atoms with Gasteiger partial charge in [-0.1, -0.05) is 12.1 Å². The number of hydrogen-bond donors (Lipinski definition) is 1. The molecule has 25 heavy (non-hydrogen) atoms. The molecule has 2 atom stereocenters. The average molecular weight is 348 g/mol. The number of aromatic nitrogens is 1. The number of rotatable bonds is 3. The molecule has 2 aromatic rings. The maximum absolute atomic E-state index is 13.5. The molecule has 1 saturated heterocycles. The van der Waals surface area contributed by atoms with E-state index >= 15 is 0 Å². The van der Waals surface area contributed by atoms with Crippen LogP contribution in [-0.4, -0.2) is 33.1 Å². The van der Waals surface area contributed by atoms with Gasteiger partial charge in [-0.2, -0.15) is 0 Å². The topological polar surface area (TPSA) is 62.5 Å². The second-order valence-electron chi connectivity index (χ2n) is 6.25. The predicted octanol–water partition coefficient (Wildman–Crippen LogP) is 1.77. The van der Waals surface area contributed by atoms with Crippen LogP contribution in [0.25, 0.3) is 0 Å². The number of hydrogen-bond acceptors (Lipinski definition) is 3. The molecule has 1 N–H and O–H groups in total. The first kappa shape index (κ1) is 17.3. The highest BCUT2D eigenvalue weighted by molar-refractivity contribution is 5.77. The van der Waals surface area contributed by atoms with E-state index in [4.69, 9.17) is 0 Å². The van der Waals surface area contributed by atoms with E-state index < -0.39 is 23.8 Å². The Morgan fingerprint density at radius 1 is 1.28 bits per heavy atom. The van der Waals surface area contributed by atoms with E-state index in [0.29, 0.717) is 11.1 Å². The smallest absolute Gasteiger partial charge is 0.253 e. The number of carbonyl (C=O) groups is 1. The number of benzene rings is 1. The van der Waals surface area contributed by atoms with Crippen LogP contribution in [-0.2, 0) is 11.3 Å². The zero-order valence-corrected chi connectivity index (χ0v) is 13.7. The molecular formula is C18H18F2N2O3. The van der Waals surface area contributed by atoms with Crippen LogP contribution in [0.1, 0.15) is 23.6 Å². The molecule has 0 saturated carbocycles. The quantitative estimate of drug-likeness (QED) is 0.920. The minimum Gasteiger partial charge on any atom is -0.391 e. The number of halogens is 2. The molecule has 132 valence electrons. The summed E-state index contributed by atoms with van der Waals surface area (Å²) in [6.45, 7) is 1.57. The highest BCUT2D eigenvalue weighted by Gasteiger charge is 2.35. The molecule has 0 spiro atoms. The Morgan fingerprint density at radius 3 is 2.76 bits per heavy atom. The molecule has 5 nitrogen and oxygen atoms in total. The number of aliphatic hydroxyl groups excluding tert-OH is 1. The average Bonchev–Trinajstić information content (AvgIpc) is 2.96. The summed E-state index contributed by atoms with van der Waals surface area (Å²) >= 11 is 0. The van der Waals surface area contributed by atoms with Crippen molar-refractivity contribution in [1.82, 2.24) is 9.47 Å². The van der Waals surface area contributed by atoms with Crippen LogP contribution in [0.5, 0.6) is 0 Å². The van der Waals surface area contributed by atoms with E-state index in [1.54, 1.807) is 19.1 Å². The van der Waals surface area contributed by atoms with Crippen molar-refractivity contribution in [3.8, 4) is 0 Å². The summed E-state index contributed by atoms with van der Waals surface area (Å²) in [6, 6.07) is 6.22. The summed E-state index contributed by atoms with van der Waals surface area (Å²) < 4.78 is 28.0. The third kappa shape index (κ3) is 3.46. The number of amides is 1. The molecule has 7 heteroatoms. The molecule has 3 rings (SSSR count). The van der Waals surface area contributed by atoms with E-state index in [0.717, 1.165) is 12.1 Å². The first-order valence-corrected chi connectivity index (χ1v) is 7.95. The van der Waals surface area contributed by atoms with Crippen molar-refractivity contribution in [1.29, 1.82) is 0 Å². The molecule has 1 fully saturated rings. The Kier molecular flexibility index (Phi) is 4.67. The van der Waals surface area contributed by atoms with Crippen molar-refractivity contribution in [2.75, 3.05) is 6.54 Å². The largest absolute Gasteiger partial charge is 0.391 e. The maximum atomic E-state index is 13.5. The molecule has 1 aliphatic rings. The van der Waals surface area contributed by atoms with Gasteiger partial charge in [-0.15, -0.1) is 0 Å². The van der Waals surface area contributed by atoms with Crippen molar-refractivity contribution in [3.63, 3.8) is 0 Å². The number of β-amino-alcohol motifs (C(OH)–C–C–N with tert-alkyl or cyclic N) is 1. The normalized spacial score (nSPS) is 20.1. The van der Waals surface area contributed by atoms with E-state index in [2.05, 4.69) is 0 Å². The molecule has 0 unspecified atom stereocenters. The van der Waals surface area contributed by atoms with Crippen LogP contribution in [0.15, 0.2) is 41.3 Å². The van der Waals surface area contributed by atoms with Crippen LogP contribution >= 0.6 is 0 Å². The lowest BCUT2D eigenvalue weighted by molar-refractivity contribution is -0.133. The van der Waals surface area contributed by atoms with Crippen molar-refractivity contribution in [2.24, 2.45) is 0 Å². The van der Waals surface area contributed by atoms with Gasteiger partial charge in [0, 0.05) is 18.3 Å². The van der Waals surface area contributed by atoms with Crippen LogP contribution < -0.4 is 5.56 Å². The van der Waals surface area contributed by atoms with Gasteiger partial charge in [-0.05, 0) is 37.1 Å². The fourth-order valence-corrected chi connectivity index (χ4v) is 3.14. The summed E-state index contributed by atoms with van der Waals surface area (Å²) in [7, 11) is 0. The van der Waals surface area contributed by atoms with E-state index in [-0.39, 0.29) is 31.0 Å². The molecule has 1 aromatic carbocycles. The lowest BCUT2D eigenvalue weighted by Crippen LogP contribution is -2.37. The van der Waals surface area contributed by atoms with Crippen LogP contribution in [0.4, 0.5) is 8.78 Å². The number of carbonyl (C=O) groups excluding carboxylic acids is 1. The minimum atomic E-state index is -0.999. The van der Waals surface area contributed by atoms with Crippen LogP contribution in [0, 0.1) is 18.6 Å². The Morgan fingerprint density at radius 2 is 2.04 bits per heavy atom. The van der Waals surface area contributed by atoms with E-state index in [1.807, 2.05) is 0 Å². The van der Waals surface area contributed by atoms with Crippen LogP contribution in [0.2, 0.25) is 0 Å². The van der Waals surface area contributed by atoms with Gasteiger partial charge in [-0.25, -0.2) is 8.78 Å². The number of pyridine rings is 1. The van der Waals surface area contributed by atoms with E-state index in [9.17, 15) is 23.5 Å². The van der Waals surface area contributed by atoms with Crippen molar-refractivity contribution in [3.05, 3.63) is 69.6 Å². The summed E-state index contributed by atoms with van der Waals surface area (Å²) in [4.78, 5) is 26.1. The number of aryl methyl sites for hydroxylation is 1. The van der Waals surface area contributed by atoms with Crippen molar-refractivity contribution < 1.29 is 18.7 Å². The lowest BCUT2D eigenvalue weighted by atomic mass is 10.0. The SMILES string of the molecule is Cc1cccn(CC(=O)N2C[C@H](O)C[C@@H]2c2ccc(F)c(F)c2)c1=O. The van der Waals surface area contributed by atoms with Gasteiger partial charge < -0.3 is 14.6 Å². The highest BCUT2D eigenvalue weighted by Crippen LogP contribution is 2.33. The van der Waals surface area contributed by atoms with Gasteiger partial charge in [0.05, 0.1) is 12.1 Å². The molecule has 0 radical (unpaired) electrons. The molecule has 1 amide bonds. The third-order valence-electron chi connectivity index (χ3n) is 4.44. The van der Waals surface area contributed by atoms with Gasteiger partial charge in [0.1, 0.15) is 6.54 Å². The highest BCUT2D eigenvalue weighted by atomic mass is 19.2. The summed E-state index contributed by atoms with van der Waals surface area (Å²) in [6.07, 6.45) is 1.00. The Balaban J connectivity index is 1.86. The van der Waals surface area contributed by atoms with Gasteiger partial charge in [0.25, 0.3) is 5.56 Å². The standard InChI is InChI=1S/C18H18F2N2O3/c1-11-3-2-6-21(18(11)25)10-17(24)22-9-13(23)8-16(22)12-4-5-14(19)15(20)7-12/h2-7,13,16,23H,8-10H2,1H3/t13-,16-/m1/s1. The predicted molar refractivity (Wildman–Crippen MR) is 86.9 cm³/mol. The Bertz CT molecular complexity index is 866. The second-order valence-corrected chi connectivity index (χ2v) is 6.25. The first-order chi connectivity index (χ1) is 11.9. The van der Waals surface area contributed by atoms with Gasteiger partial charge in [-0.3, -0.25) is 9.59 Å². The van der Waals surface area contributed by atoms with Gasteiger partial charge in [0.2, 0.25) is 5.91 Å². The van der Waals surface area contributed by atoms with Gasteiger partial charge in [0.15, 0.2) is 11.6 Å². The summed E-state index contributed by atoms with van der Waals surface area (Å²) in [5, 5.41) is 9.94.